The molecule has 108 valence electrons. The van der Waals surface area contributed by atoms with Gasteiger partial charge >= 0.3 is 0 Å². The van der Waals surface area contributed by atoms with Crippen molar-refractivity contribution in [3.8, 4) is 11.4 Å². The van der Waals surface area contributed by atoms with Crippen molar-refractivity contribution in [3.63, 3.8) is 0 Å². The maximum atomic E-state index is 11.6. The third-order valence-corrected chi connectivity index (χ3v) is 4.62. The molecule has 0 saturated carbocycles. The van der Waals surface area contributed by atoms with E-state index in [0.717, 1.165) is 16.6 Å². The fourth-order valence-electron chi connectivity index (χ4n) is 2.26. The minimum atomic E-state index is -3.23. The van der Waals surface area contributed by atoms with Gasteiger partial charge in [-0.15, -0.1) is 0 Å². The van der Waals surface area contributed by atoms with Gasteiger partial charge in [-0.25, -0.2) is 13.4 Å². The quantitative estimate of drug-likeness (QED) is 0.712. The molecule has 0 saturated heterocycles. The zero-order chi connectivity index (χ0) is 15.2. The van der Waals surface area contributed by atoms with Crippen LogP contribution in [0.4, 0.5) is 5.69 Å². The van der Waals surface area contributed by atoms with Gasteiger partial charge in [0.25, 0.3) is 0 Å². The van der Waals surface area contributed by atoms with Crippen LogP contribution in [-0.2, 0) is 9.84 Å². The van der Waals surface area contributed by atoms with E-state index in [1.807, 2.05) is 25.1 Å². The molecule has 0 aliphatic carbocycles. The van der Waals surface area contributed by atoms with Crippen LogP contribution < -0.4 is 5.73 Å². The molecule has 5 nitrogen and oxygen atoms in total. The second-order valence-corrected chi connectivity index (χ2v) is 7.07. The molecule has 0 aliphatic rings. The average molecular weight is 301 g/mol. The van der Waals surface area contributed by atoms with Crippen molar-refractivity contribution in [2.24, 2.45) is 0 Å². The second-order valence-electron chi connectivity index (χ2n) is 5.06. The number of fused-ring (bicyclic) bond motifs is 1. The van der Waals surface area contributed by atoms with E-state index < -0.39 is 9.84 Å². The largest absolute Gasteiger partial charge is 0.398 e. The predicted octanol–water partition coefficient (Wildman–Crippen LogP) is 2.52. The number of imidazole rings is 1. The number of hydrogen-bond donors (Lipinski definition) is 2. The lowest BCUT2D eigenvalue weighted by Crippen LogP contribution is -1.96. The van der Waals surface area contributed by atoms with Crippen LogP contribution in [0.25, 0.3) is 22.4 Å². The first-order valence-corrected chi connectivity index (χ1v) is 8.31. The fraction of sp³-hybridized carbons (Fsp3) is 0.133. The van der Waals surface area contributed by atoms with Gasteiger partial charge in [-0.3, -0.25) is 0 Å². The molecule has 0 fully saturated rings. The Hall–Kier alpha value is -2.34. The molecule has 0 radical (unpaired) electrons. The van der Waals surface area contributed by atoms with Crippen LogP contribution in [0.3, 0.4) is 0 Å². The van der Waals surface area contributed by atoms with Crippen LogP contribution >= 0.6 is 0 Å². The molecule has 1 aromatic heterocycles. The van der Waals surface area contributed by atoms with Crippen LogP contribution in [0.15, 0.2) is 41.3 Å². The van der Waals surface area contributed by atoms with E-state index in [9.17, 15) is 8.42 Å². The zero-order valence-electron chi connectivity index (χ0n) is 11.7. The minimum Gasteiger partial charge on any atom is -0.398 e. The van der Waals surface area contributed by atoms with E-state index in [0.29, 0.717) is 17.0 Å². The van der Waals surface area contributed by atoms with E-state index in [1.54, 1.807) is 18.2 Å². The van der Waals surface area contributed by atoms with Gasteiger partial charge in [-0.05, 0) is 36.8 Å². The molecule has 3 N–H and O–H groups in total. The van der Waals surface area contributed by atoms with Gasteiger partial charge in [0, 0.05) is 17.5 Å². The maximum absolute atomic E-state index is 11.6. The maximum Gasteiger partial charge on any atom is 0.175 e. The predicted molar refractivity (Wildman–Crippen MR) is 83.8 cm³/mol. The second kappa shape index (κ2) is 4.60. The van der Waals surface area contributed by atoms with Crippen molar-refractivity contribution < 1.29 is 8.42 Å². The highest BCUT2D eigenvalue weighted by Gasteiger charge is 2.12. The van der Waals surface area contributed by atoms with Crippen LogP contribution in [0, 0.1) is 6.92 Å². The summed E-state index contributed by atoms with van der Waals surface area (Å²) in [5, 5.41) is 0. The van der Waals surface area contributed by atoms with Gasteiger partial charge < -0.3 is 10.7 Å². The third kappa shape index (κ3) is 2.38. The number of aromatic nitrogens is 2. The van der Waals surface area contributed by atoms with Crippen LogP contribution in [0.1, 0.15) is 5.56 Å². The molecule has 2 aromatic carbocycles. The van der Waals surface area contributed by atoms with Crippen LogP contribution in [0.5, 0.6) is 0 Å². The molecule has 0 unspecified atom stereocenters. The Kier molecular flexibility index (Phi) is 2.98. The summed E-state index contributed by atoms with van der Waals surface area (Å²) < 4.78 is 23.2. The number of H-pyrrole nitrogens is 1. The molecule has 0 spiro atoms. The summed E-state index contributed by atoms with van der Waals surface area (Å²) in [7, 11) is -3.23. The Balaban J connectivity index is 2.20. The van der Waals surface area contributed by atoms with Crippen molar-refractivity contribution in [1.82, 2.24) is 9.97 Å². The van der Waals surface area contributed by atoms with Gasteiger partial charge in [0.2, 0.25) is 0 Å². The third-order valence-electron chi connectivity index (χ3n) is 3.51. The number of benzene rings is 2. The Morgan fingerprint density at radius 3 is 2.67 bits per heavy atom. The fourth-order valence-corrected chi connectivity index (χ4v) is 2.90. The lowest BCUT2D eigenvalue weighted by molar-refractivity contribution is 0.602. The Morgan fingerprint density at radius 1 is 1.19 bits per heavy atom. The van der Waals surface area contributed by atoms with Gasteiger partial charge in [-0.2, -0.15) is 0 Å². The molecular formula is C15H15N3O2S. The van der Waals surface area contributed by atoms with Crippen molar-refractivity contribution in [2.45, 2.75) is 11.8 Å². The molecule has 3 rings (SSSR count). The highest BCUT2D eigenvalue weighted by Crippen LogP contribution is 2.27. The Labute approximate surface area is 122 Å². The number of aromatic amines is 1. The summed E-state index contributed by atoms with van der Waals surface area (Å²) in [6, 6.07) is 10.5. The molecule has 0 aliphatic heterocycles. The summed E-state index contributed by atoms with van der Waals surface area (Å²) in [6.07, 6.45) is 1.19. The normalized spacial score (nSPS) is 11.9. The highest BCUT2D eigenvalue weighted by atomic mass is 32.2. The number of nitrogens with one attached hydrogen (secondary N) is 1. The molecule has 6 heteroatoms. The highest BCUT2D eigenvalue weighted by molar-refractivity contribution is 7.90. The number of sulfone groups is 1. The Morgan fingerprint density at radius 2 is 1.95 bits per heavy atom. The summed E-state index contributed by atoms with van der Waals surface area (Å²) in [5.74, 6) is 0.681. The van der Waals surface area contributed by atoms with Crippen LogP contribution in [0.2, 0.25) is 0 Å². The molecule has 1 heterocycles. The van der Waals surface area contributed by atoms with Gasteiger partial charge in [0.15, 0.2) is 9.84 Å². The van der Waals surface area contributed by atoms with Gasteiger partial charge in [-0.1, -0.05) is 12.1 Å². The van der Waals surface area contributed by atoms with Gasteiger partial charge in [0.05, 0.1) is 15.9 Å². The molecular weight excluding hydrogens is 286 g/mol. The lowest BCUT2D eigenvalue weighted by atomic mass is 10.1. The average Bonchev–Trinajstić information content (AvgIpc) is 2.83. The first kappa shape index (κ1) is 13.6. The summed E-state index contributed by atoms with van der Waals surface area (Å²) in [4.78, 5) is 7.94. The first-order valence-electron chi connectivity index (χ1n) is 6.41. The number of nitrogen functional groups attached to an aromatic ring is 1. The molecule has 0 bridgehead atoms. The smallest absolute Gasteiger partial charge is 0.175 e. The molecule has 3 aromatic rings. The van der Waals surface area contributed by atoms with Crippen molar-refractivity contribution in [1.29, 1.82) is 0 Å². The molecule has 0 atom stereocenters. The zero-order valence-corrected chi connectivity index (χ0v) is 12.5. The monoisotopic (exact) mass is 301 g/mol. The van der Waals surface area contributed by atoms with Crippen molar-refractivity contribution >= 4 is 26.6 Å². The Bertz CT molecular complexity index is 943. The van der Waals surface area contributed by atoms with Crippen molar-refractivity contribution in [3.05, 3.63) is 42.0 Å². The van der Waals surface area contributed by atoms with E-state index in [4.69, 9.17) is 5.73 Å². The molecule has 21 heavy (non-hydrogen) atoms. The van der Waals surface area contributed by atoms with Crippen molar-refractivity contribution in [2.75, 3.05) is 12.0 Å². The topological polar surface area (TPSA) is 88.8 Å². The number of nitrogens with two attached hydrogens (primary N) is 1. The van der Waals surface area contributed by atoms with E-state index >= 15 is 0 Å². The number of hydrogen-bond acceptors (Lipinski definition) is 4. The van der Waals surface area contributed by atoms with E-state index in [-0.39, 0.29) is 4.90 Å². The first-order chi connectivity index (χ1) is 9.86. The summed E-state index contributed by atoms with van der Waals surface area (Å²) in [5.41, 5.74) is 9.88. The standard InChI is InChI=1S/C15H15N3O2S/c1-9-11(4-3-5-12(9)16)15-17-13-7-6-10(21(2,19)20)8-14(13)18-15/h3-8H,16H2,1-2H3,(H,17,18). The summed E-state index contributed by atoms with van der Waals surface area (Å²) in [6.45, 7) is 1.93. The minimum absolute atomic E-state index is 0.273. The number of nitrogens with zero attached hydrogens (tertiary/aromatic N) is 1. The molecule has 0 amide bonds. The lowest BCUT2D eigenvalue weighted by Gasteiger charge is -2.04. The van der Waals surface area contributed by atoms with Crippen LogP contribution in [-0.4, -0.2) is 24.6 Å². The SMILES string of the molecule is Cc1c(N)cccc1-c1nc2ccc(S(C)(=O)=O)cc2[nH]1. The van der Waals surface area contributed by atoms with E-state index in [2.05, 4.69) is 9.97 Å². The number of anilines is 1. The summed E-state index contributed by atoms with van der Waals surface area (Å²) >= 11 is 0. The number of rotatable bonds is 2. The van der Waals surface area contributed by atoms with Gasteiger partial charge in [0.1, 0.15) is 5.82 Å². The van der Waals surface area contributed by atoms with E-state index in [1.165, 1.54) is 6.26 Å².